The van der Waals surface area contributed by atoms with Crippen molar-refractivity contribution < 1.29 is 4.79 Å². The zero-order valence-corrected chi connectivity index (χ0v) is 20.7. The van der Waals surface area contributed by atoms with E-state index in [4.69, 9.17) is 0 Å². The zero-order chi connectivity index (χ0) is 22.6. The van der Waals surface area contributed by atoms with Gasteiger partial charge in [0, 0.05) is 22.3 Å². The van der Waals surface area contributed by atoms with Crippen molar-refractivity contribution in [3.8, 4) is 11.4 Å². The second-order valence-electron chi connectivity index (χ2n) is 8.33. The van der Waals surface area contributed by atoms with Gasteiger partial charge < -0.3 is 5.32 Å². The lowest BCUT2D eigenvalue weighted by molar-refractivity contribution is -0.113. The number of carbonyl (C=O) groups excluding carboxylic acids is 1. The quantitative estimate of drug-likeness (QED) is 0.309. The Morgan fingerprint density at radius 2 is 1.90 bits per heavy atom. The summed E-state index contributed by atoms with van der Waals surface area (Å²) in [5, 5.41) is 12.3. The number of nitrogens with zero attached hydrogens (tertiary/aromatic N) is 3. The molecule has 0 aliphatic heterocycles. The molecule has 0 unspecified atom stereocenters. The van der Waals surface area contributed by atoms with Crippen LogP contribution in [0.4, 0.5) is 5.69 Å². The maximum absolute atomic E-state index is 12.4. The topological polar surface area (TPSA) is 59.8 Å². The fourth-order valence-corrected chi connectivity index (χ4v) is 4.07. The van der Waals surface area contributed by atoms with E-state index in [1.807, 2.05) is 35.8 Å². The number of nitrogens with one attached hydrogen (secondary N) is 1. The molecular weight excluding hydrogens is 472 g/mol. The van der Waals surface area contributed by atoms with Crippen molar-refractivity contribution in [2.75, 3.05) is 11.1 Å². The number of aryl methyl sites for hydroxylation is 1. The van der Waals surface area contributed by atoms with Crippen molar-refractivity contribution in [3.63, 3.8) is 0 Å². The molecule has 0 spiro atoms. The van der Waals surface area contributed by atoms with Gasteiger partial charge in [-0.1, -0.05) is 78.8 Å². The van der Waals surface area contributed by atoms with Gasteiger partial charge in [0.05, 0.1) is 5.75 Å². The van der Waals surface area contributed by atoms with Crippen LogP contribution in [-0.4, -0.2) is 26.4 Å². The van der Waals surface area contributed by atoms with Crippen LogP contribution in [0.2, 0.25) is 0 Å². The number of anilines is 1. The summed E-state index contributed by atoms with van der Waals surface area (Å²) in [6, 6.07) is 14.1. The van der Waals surface area contributed by atoms with Gasteiger partial charge in [-0.2, -0.15) is 0 Å². The van der Waals surface area contributed by atoms with Crippen molar-refractivity contribution in [1.82, 2.24) is 14.8 Å². The number of allylic oxidation sites excluding steroid dienone is 1. The number of hydrogen-bond donors (Lipinski definition) is 1. The van der Waals surface area contributed by atoms with Crippen molar-refractivity contribution in [1.29, 1.82) is 0 Å². The minimum absolute atomic E-state index is 0.0871. The van der Waals surface area contributed by atoms with Gasteiger partial charge in [0.25, 0.3) is 0 Å². The smallest absolute Gasteiger partial charge is 0.234 e. The molecular formula is C24H27BrN4OS. The molecule has 7 heteroatoms. The number of hydrogen-bond acceptors (Lipinski definition) is 4. The van der Waals surface area contributed by atoms with Crippen LogP contribution >= 0.6 is 27.7 Å². The number of amides is 1. The van der Waals surface area contributed by atoms with E-state index < -0.39 is 0 Å². The lowest BCUT2D eigenvalue weighted by Crippen LogP contribution is -2.14. The minimum Gasteiger partial charge on any atom is -0.325 e. The average molecular weight is 499 g/mol. The minimum atomic E-state index is -0.0871. The number of thioether (sulfide) groups is 1. The number of carbonyl (C=O) groups is 1. The SMILES string of the molecule is C=CCn1c(SCC(=O)Nc2ccc(Br)c(C)c2)nnc1-c1ccc(C(C)(C)C)cc1. The van der Waals surface area contributed by atoms with Crippen LogP contribution in [0.5, 0.6) is 0 Å². The summed E-state index contributed by atoms with van der Waals surface area (Å²) >= 11 is 4.84. The van der Waals surface area contributed by atoms with Gasteiger partial charge >= 0.3 is 0 Å². The van der Waals surface area contributed by atoms with Gasteiger partial charge in [-0.05, 0) is 41.7 Å². The molecule has 0 saturated carbocycles. The first kappa shape index (κ1) is 23.3. The molecule has 1 N–H and O–H groups in total. The molecule has 1 amide bonds. The van der Waals surface area contributed by atoms with Gasteiger partial charge in [0.2, 0.25) is 5.91 Å². The monoisotopic (exact) mass is 498 g/mol. The third-order valence-corrected chi connectivity index (χ3v) is 6.67. The van der Waals surface area contributed by atoms with E-state index in [0.717, 1.165) is 27.1 Å². The van der Waals surface area contributed by atoms with Gasteiger partial charge in [-0.25, -0.2) is 0 Å². The van der Waals surface area contributed by atoms with Gasteiger partial charge in [-0.15, -0.1) is 16.8 Å². The Bertz CT molecular complexity index is 1080. The molecule has 2 aromatic carbocycles. The van der Waals surface area contributed by atoms with Gasteiger partial charge in [0.1, 0.15) is 0 Å². The molecule has 0 aliphatic carbocycles. The predicted molar refractivity (Wildman–Crippen MR) is 133 cm³/mol. The van der Waals surface area contributed by atoms with Gasteiger partial charge in [0.15, 0.2) is 11.0 Å². The molecule has 0 fully saturated rings. The summed E-state index contributed by atoms with van der Waals surface area (Å²) in [6.07, 6.45) is 1.81. The normalized spacial score (nSPS) is 11.4. The zero-order valence-electron chi connectivity index (χ0n) is 18.3. The van der Waals surface area contributed by atoms with E-state index in [-0.39, 0.29) is 17.1 Å². The Labute approximate surface area is 196 Å². The summed E-state index contributed by atoms with van der Waals surface area (Å²) in [5.41, 5.74) is 4.19. The van der Waals surface area contributed by atoms with Crippen LogP contribution in [0.3, 0.4) is 0 Å². The van der Waals surface area contributed by atoms with Crippen LogP contribution in [0.15, 0.2) is 64.7 Å². The lowest BCUT2D eigenvalue weighted by atomic mass is 9.87. The maximum atomic E-state index is 12.4. The summed E-state index contributed by atoms with van der Waals surface area (Å²) in [4.78, 5) is 12.4. The second kappa shape index (κ2) is 9.83. The second-order valence-corrected chi connectivity index (χ2v) is 10.1. The standard InChI is InChI=1S/C24H27BrN4OS/c1-6-13-29-22(17-7-9-18(10-8-17)24(3,4)5)27-28-23(29)31-15-21(30)26-19-11-12-20(25)16(2)14-19/h6-12,14H,1,13,15H2,2-5H3,(H,26,30). The van der Waals surface area contributed by atoms with Crippen LogP contribution in [-0.2, 0) is 16.8 Å². The Hall–Kier alpha value is -2.38. The Balaban J connectivity index is 1.73. The Morgan fingerprint density at radius 3 is 2.52 bits per heavy atom. The third kappa shape index (κ3) is 5.86. The Kier molecular flexibility index (Phi) is 7.38. The molecule has 3 rings (SSSR count). The molecule has 5 nitrogen and oxygen atoms in total. The van der Waals surface area contributed by atoms with Crippen molar-refractivity contribution in [2.24, 2.45) is 0 Å². The number of halogens is 1. The van der Waals surface area contributed by atoms with Crippen LogP contribution < -0.4 is 5.32 Å². The van der Waals surface area contributed by atoms with E-state index in [1.54, 1.807) is 0 Å². The van der Waals surface area contributed by atoms with Crippen molar-refractivity contribution in [2.45, 2.75) is 44.8 Å². The van der Waals surface area contributed by atoms with Crippen LogP contribution in [0.25, 0.3) is 11.4 Å². The van der Waals surface area contributed by atoms with E-state index in [1.165, 1.54) is 17.3 Å². The first-order chi connectivity index (χ1) is 14.7. The summed E-state index contributed by atoms with van der Waals surface area (Å²) in [6.45, 7) is 13.0. The van der Waals surface area contributed by atoms with Gasteiger partial charge in [-0.3, -0.25) is 9.36 Å². The number of rotatable bonds is 7. The molecule has 0 saturated heterocycles. The highest BCUT2D eigenvalue weighted by atomic mass is 79.9. The van der Waals surface area contributed by atoms with Crippen LogP contribution in [0.1, 0.15) is 31.9 Å². The highest BCUT2D eigenvalue weighted by molar-refractivity contribution is 9.10. The molecule has 162 valence electrons. The predicted octanol–water partition coefficient (Wildman–Crippen LogP) is 6.23. The largest absolute Gasteiger partial charge is 0.325 e. The van der Waals surface area contributed by atoms with Crippen molar-refractivity contribution >= 4 is 39.3 Å². The van der Waals surface area contributed by atoms with E-state index in [2.05, 4.69) is 83.1 Å². The molecule has 0 bridgehead atoms. The highest BCUT2D eigenvalue weighted by Gasteiger charge is 2.17. The number of benzene rings is 2. The molecule has 3 aromatic rings. The number of aromatic nitrogens is 3. The molecule has 1 aromatic heterocycles. The highest BCUT2D eigenvalue weighted by Crippen LogP contribution is 2.28. The maximum Gasteiger partial charge on any atom is 0.234 e. The summed E-state index contributed by atoms with van der Waals surface area (Å²) in [5.74, 6) is 0.927. The lowest BCUT2D eigenvalue weighted by Gasteiger charge is -2.19. The third-order valence-electron chi connectivity index (χ3n) is 4.81. The first-order valence-corrected chi connectivity index (χ1v) is 11.8. The first-order valence-electron chi connectivity index (χ1n) is 10.0. The summed E-state index contributed by atoms with van der Waals surface area (Å²) in [7, 11) is 0. The van der Waals surface area contributed by atoms with E-state index in [0.29, 0.717) is 11.7 Å². The fraction of sp³-hybridized carbons (Fsp3) is 0.292. The van der Waals surface area contributed by atoms with E-state index in [9.17, 15) is 4.79 Å². The summed E-state index contributed by atoms with van der Waals surface area (Å²) < 4.78 is 3.00. The molecule has 0 radical (unpaired) electrons. The van der Waals surface area contributed by atoms with E-state index >= 15 is 0 Å². The van der Waals surface area contributed by atoms with Crippen molar-refractivity contribution in [3.05, 3.63) is 70.7 Å². The molecule has 0 atom stereocenters. The molecule has 31 heavy (non-hydrogen) atoms. The van der Waals surface area contributed by atoms with Crippen LogP contribution in [0, 0.1) is 6.92 Å². The Morgan fingerprint density at radius 1 is 1.19 bits per heavy atom. The average Bonchev–Trinajstić information content (AvgIpc) is 3.11. The fourth-order valence-electron chi connectivity index (χ4n) is 3.07. The molecule has 0 aliphatic rings. The molecule has 1 heterocycles.